The van der Waals surface area contributed by atoms with E-state index in [2.05, 4.69) is 10.2 Å². The molecule has 3 aromatic rings. The van der Waals surface area contributed by atoms with Crippen LogP contribution in [0.1, 0.15) is 39.6 Å². The van der Waals surface area contributed by atoms with E-state index in [4.69, 9.17) is 4.74 Å². The molecule has 2 atom stereocenters. The van der Waals surface area contributed by atoms with Gasteiger partial charge < -0.3 is 19.5 Å². The van der Waals surface area contributed by atoms with Crippen molar-refractivity contribution in [3.8, 4) is 5.69 Å². The Hall–Kier alpha value is -4.05. The summed E-state index contributed by atoms with van der Waals surface area (Å²) < 4.78 is 4.55. The van der Waals surface area contributed by atoms with Crippen molar-refractivity contribution in [2.45, 2.75) is 25.9 Å². The summed E-state index contributed by atoms with van der Waals surface area (Å²) >= 11 is 0. The van der Waals surface area contributed by atoms with Crippen molar-refractivity contribution < 1.29 is 28.7 Å². The molecule has 0 aliphatic carbocycles. The number of amides is 2. The first-order valence-corrected chi connectivity index (χ1v) is 11.4. The molecule has 0 spiro atoms. The topological polar surface area (TPSA) is 117 Å². The largest absolute Gasteiger partial charge is 0.498 e. The van der Waals surface area contributed by atoms with Crippen LogP contribution < -0.4 is 5.11 Å². The van der Waals surface area contributed by atoms with E-state index in [0.29, 0.717) is 18.7 Å². The number of esters is 1. The van der Waals surface area contributed by atoms with Crippen molar-refractivity contribution in [2.24, 2.45) is 0 Å². The quantitative estimate of drug-likeness (QED) is 0.405. The van der Waals surface area contributed by atoms with Crippen LogP contribution in [0, 0.1) is 0 Å². The summed E-state index contributed by atoms with van der Waals surface area (Å²) in [6.07, 6.45) is 2.29. The van der Waals surface area contributed by atoms with Crippen LogP contribution in [-0.2, 0) is 11.3 Å². The molecular weight excluding hydrogens is 450 g/mol. The highest BCUT2D eigenvalue weighted by atomic mass is 16.5. The van der Waals surface area contributed by atoms with E-state index in [-0.39, 0.29) is 47.2 Å². The predicted molar refractivity (Wildman–Crippen MR) is 123 cm³/mol. The SMILES string of the molecule is COC(=O)c1ccc(-n2nccn2)c(C(=O)N2CC[N+](Cc3ccccc3)(C(=O)[O-])CC[C@H]2C)c1. The molecule has 35 heavy (non-hydrogen) atoms. The maximum absolute atomic E-state index is 13.8. The van der Waals surface area contributed by atoms with Crippen LogP contribution in [0.2, 0.25) is 0 Å². The van der Waals surface area contributed by atoms with Gasteiger partial charge in [0, 0.05) is 18.0 Å². The lowest BCUT2D eigenvalue weighted by molar-refractivity contribution is -0.887. The number of aromatic nitrogens is 3. The first-order chi connectivity index (χ1) is 16.8. The minimum Gasteiger partial charge on any atom is -0.498 e. The van der Waals surface area contributed by atoms with Crippen molar-refractivity contribution in [3.05, 3.63) is 77.6 Å². The molecule has 1 aliphatic heterocycles. The van der Waals surface area contributed by atoms with Crippen molar-refractivity contribution in [2.75, 3.05) is 26.7 Å². The second-order valence-corrected chi connectivity index (χ2v) is 8.68. The van der Waals surface area contributed by atoms with Crippen LogP contribution >= 0.6 is 0 Å². The van der Waals surface area contributed by atoms with Crippen LogP contribution in [0.5, 0.6) is 0 Å². The van der Waals surface area contributed by atoms with Crippen LogP contribution in [0.4, 0.5) is 4.79 Å². The van der Waals surface area contributed by atoms with Crippen LogP contribution in [-0.4, -0.2) is 75.1 Å². The number of hydrogen-bond acceptors (Lipinski definition) is 7. The monoisotopic (exact) mass is 477 g/mol. The van der Waals surface area contributed by atoms with Crippen LogP contribution in [0.25, 0.3) is 5.69 Å². The van der Waals surface area contributed by atoms with Gasteiger partial charge >= 0.3 is 5.97 Å². The second kappa shape index (κ2) is 10.1. The zero-order chi connectivity index (χ0) is 25.0. The third-order valence-electron chi connectivity index (χ3n) is 6.53. The smallest absolute Gasteiger partial charge is 0.337 e. The number of rotatable bonds is 5. The fourth-order valence-corrected chi connectivity index (χ4v) is 4.48. The van der Waals surface area contributed by atoms with E-state index >= 15 is 0 Å². The van der Waals surface area contributed by atoms with Gasteiger partial charge in [0.15, 0.2) is 0 Å². The molecule has 1 aliphatic rings. The zero-order valence-electron chi connectivity index (χ0n) is 19.7. The van der Waals surface area contributed by atoms with Gasteiger partial charge in [-0.1, -0.05) is 30.3 Å². The van der Waals surface area contributed by atoms with Crippen molar-refractivity contribution in [1.82, 2.24) is 19.9 Å². The molecule has 2 heterocycles. The van der Waals surface area contributed by atoms with E-state index in [9.17, 15) is 19.5 Å². The van der Waals surface area contributed by atoms with Gasteiger partial charge in [0.05, 0.1) is 49.4 Å². The van der Waals surface area contributed by atoms with Crippen LogP contribution in [0.15, 0.2) is 60.9 Å². The molecule has 1 fully saturated rings. The number of nitrogens with zero attached hydrogens (tertiary/aromatic N) is 5. The number of carboxylic acid groups (broad SMARTS) is 1. The van der Waals surface area contributed by atoms with Gasteiger partial charge in [-0.25, -0.2) is 4.79 Å². The van der Waals surface area contributed by atoms with Gasteiger partial charge in [-0.2, -0.15) is 15.0 Å². The minimum absolute atomic E-state index is 0.194. The molecule has 10 nitrogen and oxygen atoms in total. The Morgan fingerprint density at radius 3 is 2.46 bits per heavy atom. The Bertz CT molecular complexity index is 1210. The third kappa shape index (κ3) is 4.92. The Kier molecular flexibility index (Phi) is 6.92. The lowest BCUT2D eigenvalue weighted by Gasteiger charge is -2.37. The van der Waals surface area contributed by atoms with Gasteiger partial charge in [0.25, 0.3) is 12.0 Å². The minimum atomic E-state index is -1.16. The summed E-state index contributed by atoms with van der Waals surface area (Å²) in [5.41, 5.74) is 1.75. The standard InChI is InChI=1S/C25H27N5O5/c1-18-10-14-30(25(33)34,17-19-6-4-3-5-7-19)15-13-28(18)23(31)21-16-20(24(32)35-2)8-9-22(21)29-26-11-12-27-29/h3-9,11-12,16,18H,10,13-15,17H2,1-2H3/t18-,30?/m1/s1. The maximum atomic E-state index is 13.8. The Labute approximate surface area is 202 Å². The summed E-state index contributed by atoms with van der Waals surface area (Å²) in [5, 5.41) is 20.6. The summed E-state index contributed by atoms with van der Waals surface area (Å²) in [6, 6.07) is 13.8. The fourth-order valence-electron chi connectivity index (χ4n) is 4.48. The van der Waals surface area contributed by atoms with Crippen molar-refractivity contribution in [3.63, 3.8) is 0 Å². The number of carbonyl (C=O) groups is 3. The molecular formula is C25H27N5O5. The number of quaternary nitrogens is 1. The molecule has 10 heteroatoms. The van der Waals surface area contributed by atoms with E-state index in [1.165, 1.54) is 30.4 Å². The number of carbonyl (C=O) groups excluding carboxylic acids is 3. The number of ether oxygens (including phenoxy) is 1. The van der Waals surface area contributed by atoms with Gasteiger partial charge in [-0.15, -0.1) is 0 Å². The lowest BCUT2D eigenvalue weighted by atomic mass is 10.1. The Morgan fingerprint density at radius 1 is 1.09 bits per heavy atom. The molecule has 182 valence electrons. The lowest BCUT2D eigenvalue weighted by Crippen LogP contribution is -2.59. The molecule has 0 bridgehead atoms. The molecule has 2 amide bonds. The molecule has 0 radical (unpaired) electrons. The first kappa shape index (κ1) is 24.1. The van der Waals surface area contributed by atoms with E-state index < -0.39 is 12.1 Å². The average Bonchev–Trinajstić information content (AvgIpc) is 3.35. The fraction of sp³-hybridized carbons (Fsp3) is 0.320. The Balaban J connectivity index is 1.67. The summed E-state index contributed by atoms with van der Waals surface area (Å²) in [7, 11) is 1.27. The molecule has 0 N–H and O–H groups in total. The normalized spacial score (nSPS) is 20.2. The highest BCUT2D eigenvalue weighted by Crippen LogP contribution is 2.25. The molecule has 2 aromatic carbocycles. The first-order valence-electron chi connectivity index (χ1n) is 11.4. The van der Waals surface area contributed by atoms with E-state index in [0.717, 1.165) is 5.56 Å². The van der Waals surface area contributed by atoms with Crippen molar-refractivity contribution >= 4 is 18.0 Å². The van der Waals surface area contributed by atoms with Gasteiger partial charge in [0.2, 0.25) is 0 Å². The molecule has 0 saturated carbocycles. The highest BCUT2D eigenvalue weighted by Gasteiger charge is 2.38. The van der Waals surface area contributed by atoms with Gasteiger partial charge in [-0.3, -0.25) is 9.28 Å². The number of hydrogen-bond donors (Lipinski definition) is 0. The zero-order valence-corrected chi connectivity index (χ0v) is 19.7. The number of methoxy groups -OCH3 is 1. The second-order valence-electron chi connectivity index (χ2n) is 8.68. The molecule has 1 aromatic heterocycles. The van der Waals surface area contributed by atoms with Crippen LogP contribution in [0.3, 0.4) is 0 Å². The summed E-state index contributed by atoms with van der Waals surface area (Å²) in [4.78, 5) is 41.3. The van der Waals surface area contributed by atoms with Gasteiger partial charge in [-0.05, 0) is 25.1 Å². The van der Waals surface area contributed by atoms with Crippen molar-refractivity contribution in [1.29, 1.82) is 0 Å². The summed E-state index contributed by atoms with van der Waals surface area (Å²) in [6.45, 7) is 2.90. The average molecular weight is 478 g/mol. The van der Waals surface area contributed by atoms with Gasteiger partial charge in [0.1, 0.15) is 13.1 Å². The van der Waals surface area contributed by atoms with E-state index in [1.54, 1.807) is 17.0 Å². The predicted octanol–water partition coefficient (Wildman–Crippen LogP) is 1.65. The van der Waals surface area contributed by atoms with E-state index in [1.807, 2.05) is 37.3 Å². The highest BCUT2D eigenvalue weighted by molar-refractivity contribution is 6.01. The third-order valence-corrected chi connectivity index (χ3v) is 6.53. The summed E-state index contributed by atoms with van der Waals surface area (Å²) in [5.74, 6) is -0.910. The molecule has 4 rings (SSSR count). The molecule has 1 unspecified atom stereocenters. The number of benzene rings is 2. The molecule has 1 saturated heterocycles. The Morgan fingerprint density at radius 2 is 1.80 bits per heavy atom. The maximum Gasteiger partial charge on any atom is 0.337 e.